The van der Waals surface area contributed by atoms with Crippen LogP contribution in [0.2, 0.25) is 5.02 Å². The minimum absolute atomic E-state index is 0.102. The predicted octanol–water partition coefficient (Wildman–Crippen LogP) is 5.46. The minimum atomic E-state index is -0.339. The third kappa shape index (κ3) is 7.08. The molecule has 6 rings (SSSR count). The molecule has 1 saturated heterocycles. The SMILES string of the molecule is COc1cc(-c2nccc(-c3cccc(NC(=O)c4nc5c(n4C)CCN(CCCF)C5)c3C)c2Cl)ccc1CNC[C@@H]1CCC(=O)N1. The van der Waals surface area contributed by atoms with Crippen molar-refractivity contribution in [1.82, 2.24) is 30.1 Å². The molecular formula is C36H41ClFN7O3. The Balaban J connectivity index is 1.19. The monoisotopic (exact) mass is 673 g/mol. The van der Waals surface area contributed by atoms with Crippen molar-refractivity contribution < 1.29 is 18.7 Å². The van der Waals surface area contributed by atoms with E-state index >= 15 is 0 Å². The summed E-state index contributed by atoms with van der Waals surface area (Å²) < 4.78 is 20.3. The highest BCUT2D eigenvalue weighted by molar-refractivity contribution is 6.35. The van der Waals surface area contributed by atoms with Crippen molar-refractivity contribution in [3.63, 3.8) is 0 Å². The lowest BCUT2D eigenvalue weighted by atomic mass is 9.97. The minimum Gasteiger partial charge on any atom is -0.496 e. The van der Waals surface area contributed by atoms with Crippen LogP contribution in [0.25, 0.3) is 22.4 Å². The first-order valence-electron chi connectivity index (χ1n) is 16.3. The average molecular weight is 674 g/mol. The summed E-state index contributed by atoms with van der Waals surface area (Å²) in [7, 11) is 3.51. The lowest BCUT2D eigenvalue weighted by Gasteiger charge is -2.26. The number of aromatic nitrogens is 3. The number of hydrogen-bond donors (Lipinski definition) is 3. The molecule has 0 spiro atoms. The zero-order chi connectivity index (χ0) is 33.8. The Kier molecular flexibility index (Phi) is 10.4. The topological polar surface area (TPSA) is 113 Å². The fraction of sp³-hybridized carbons (Fsp3) is 0.389. The summed E-state index contributed by atoms with van der Waals surface area (Å²) in [5.74, 6) is 0.867. The molecule has 2 aromatic carbocycles. The van der Waals surface area contributed by atoms with E-state index in [4.69, 9.17) is 16.3 Å². The molecule has 2 amide bonds. The number of anilines is 1. The van der Waals surface area contributed by atoms with Gasteiger partial charge in [0, 0.05) is 92.9 Å². The van der Waals surface area contributed by atoms with E-state index in [9.17, 15) is 14.0 Å². The first kappa shape index (κ1) is 33.6. The predicted molar refractivity (Wildman–Crippen MR) is 185 cm³/mol. The molecule has 2 aliphatic rings. The summed E-state index contributed by atoms with van der Waals surface area (Å²) in [6.07, 6.45) is 4.41. The first-order valence-corrected chi connectivity index (χ1v) is 16.7. The Morgan fingerprint density at radius 1 is 1.19 bits per heavy atom. The van der Waals surface area contributed by atoms with Crippen LogP contribution in [0, 0.1) is 6.92 Å². The van der Waals surface area contributed by atoms with Crippen molar-refractivity contribution in [2.24, 2.45) is 7.05 Å². The summed E-state index contributed by atoms with van der Waals surface area (Å²) in [4.78, 5) is 36.5. The smallest absolute Gasteiger partial charge is 0.291 e. The quantitative estimate of drug-likeness (QED) is 0.183. The number of hydrogen-bond acceptors (Lipinski definition) is 7. The highest BCUT2D eigenvalue weighted by Crippen LogP contribution is 2.39. The molecule has 10 nitrogen and oxygen atoms in total. The van der Waals surface area contributed by atoms with Crippen LogP contribution < -0.4 is 20.7 Å². The van der Waals surface area contributed by atoms with Crippen molar-refractivity contribution in [2.45, 2.75) is 51.7 Å². The normalized spacial score (nSPS) is 16.1. The molecule has 4 heterocycles. The number of alkyl halides is 1. The molecule has 252 valence electrons. The van der Waals surface area contributed by atoms with Crippen LogP contribution in [0.5, 0.6) is 5.75 Å². The van der Waals surface area contributed by atoms with Gasteiger partial charge in [-0.15, -0.1) is 0 Å². The summed E-state index contributed by atoms with van der Waals surface area (Å²) in [5, 5.41) is 9.95. The number of benzene rings is 2. The molecule has 0 aliphatic carbocycles. The van der Waals surface area contributed by atoms with E-state index in [1.54, 1.807) is 13.3 Å². The lowest BCUT2D eigenvalue weighted by molar-refractivity contribution is -0.119. The zero-order valence-electron chi connectivity index (χ0n) is 27.5. The van der Waals surface area contributed by atoms with Crippen LogP contribution in [0.4, 0.5) is 10.1 Å². The molecule has 1 atom stereocenters. The third-order valence-electron chi connectivity index (χ3n) is 9.26. The number of methoxy groups -OCH3 is 1. The van der Waals surface area contributed by atoms with E-state index in [0.717, 1.165) is 58.6 Å². The molecule has 0 radical (unpaired) electrons. The molecular weight excluding hydrogens is 633 g/mol. The molecule has 3 N–H and O–H groups in total. The van der Waals surface area contributed by atoms with Crippen molar-refractivity contribution in [2.75, 3.05) is 38.7 Å². The molecule has 0 bridgehead atoms. The van der Waals surface area contributed by atoms with Gasteiger partial charge in [0.05, 0.1) is 30.2 Å². The summed E-state index contributed by atoms with van der Waals surface area (Å²) >= 11 is 7.05. The van der Waals surface area contributed by atoms with E-state index in [-0.39, 0.29) is 24.5 Å². The van der Waals surface area contributed by atoms with E-state index in [1.807, 2.05) is 61.0 Å². The van der Waals surface area contributed by atoms with Gasteiger partial charge in [0.2, 0.25) is 5.91 Å². The number of nitrogens with one attached hydrogen (secondary N) is 3. The second kappa shape index (κ2) is 14.8. The molecule has 2 aliphatic heterocycles. The standard InChI is InChI=1S/C36H41ClFN7O3/c1-22-26(6-4-7-28(22)43-36(47)35-42-29-21-45(16-5-14-38)17-13-30(29)44(35)2)27-12-15-40-34(33(27)37)23-8-9-24(31(18-23)48-3)19-39-20-25-10-11-32(46)41-25/h4,6-9,12,15,18,25,39H,5,10-11,13-14,16-17,19-21H2,1-3H3,(H,41,46)(H,43,47)/t25-/m0/s1. The van der Waals surface area contributed by atoms with Gasteiger partial charge in [0.25, 0.3) is 5.91 Å². The van der Waals surface area contributed by atoms with E-state index < -0.39 is 0 Å². The molecule has 4 aromatic rings. The van der Waals surface area contributed by atoms with Crippen molar-refractivity contribution in [1.29, 1.82) is 0 Å². The maximum atomic E-state index is 13.5. The highest BCUT2D eigenvalue weighted by atomic mass is 35.5. The van der Waals surface area contributed by atoms with Gasteiger partial charge in [-0.1, -0.05) is 35.9 Å². The number of ether oxygens (including phenoxy) is 1. The molecule has 12 heteroatoms. The fourth-order valence-electron chi connectivity index (χ4n) is 6.60. The Morgan fingerprint density at radius 2 is 2.04 bits per heavy atom. The first-order chi connectivity index (χ1) is 23.3. The third-order valence-corrected chi connectivity index (χ3v) is 9.64. The lowest BCUT2D eigenvalue weighted by Crippen LogP contribution is -2.35. The van der Waals surface area contributed by atoms with Crippen LogP contribution in [0.3, 0.4) is 0 Å². The molecule has 2 aromatic heterocycles. The van der Waals surface area contributed by atoms with Crippen LogP contribution in [-0.2, 0) is 31.4 Å². The molecule has 48 heavy (non-hydrogen) atoms. The van der Waals surface area contributed by atoms with Crippen LogP contribution in [0.1, 0.15) is 52.4 Å². The van der Waals surface area contributed by atoms with Gasteiger partial charge in [-0.2, -0.15) is 0 Å². The number of carbonyl (C=O) groups excluding carboxylic acids is 2. The summed E-state index contributed by atoms with van der Waals surface area (Å²) in [5.41, 5.74) is 7.51. The number of nitrogens with zero attached hydrogens (tertiary/aromatic N) is 4. The molecule has 1 fully saturated rings. The molecule has 0 unspecified atom stereocenters. The number of amides is 2. The number of fused-ring (bicyclic) bond motifs is 1. The van der Waals surface area contributed by atoms with Crippen molar-refractivity contribution >= 4 is 29.1 Å². The van der Waals surface area contributed by atoms with Gasteiger partial charge >= 0.3 is 0 Å². The number of pyridine rings is 1. The van der Waals surface area contributed by atoms with Crippen molar-refractivity contribution in [3.8, 4) is 28.1 Å². The van der Waals surface area contributed by atoms with Gasteiger partial charge in [0.15, 0.2) is 5.82 Å². The van der Waals surface area contributed by atoms with Gasteiger partial charge in [-0.05, 0) is 49.1 Å². The summed E-state index contributed by atoms with van der Waals surface area (Å²) in [6, 6.07) is 13.7. The Morgan fingerprint density at radius 3 is 2.81 bits per heavy atom. The Labute approximate surface area is 285 Å². The molecule has 0 saturated carbocycles. The zero-order valence-corrected chi connectivity index (χ0v) is 28.3. The van der Waals surface area contributed by atoms with Crippen LogP contribution in [0.15, 0.2) is 48.7 Å². The van der Waals surface area contributed by atoms with Gasteiger partial charge < -0.3 is 25.3 Å². The van der Waals surface area contributed by atoms with Crippen molar-refractivity contribution in [3.05, 3.63) is 82.0 Å². The largest absolute Gasteiger partial charge is 0.496 e. The van der Waals surface area contributed by atoms with Crippen LogP contribution >= 0.6 is 11.6 Å². The number of carbonyl (C=O) groups is 2. The number of imidazole rings is 1. The van der Waals surface area contributed by atoms with E-state index in [0.29, 0.717) is 67.0 Å². The van der Waals surface area contributed by atoms with Crippen LogP contribution in [-0.4, -0.2) is 70.7 Å². The van der Waals surface area contributed by atoms with Gasteiger partial charge in [-0.25, -0.2) is 4.98 Å². The average Bonchev–Trinajstić information content (AvgIpc) is 3.66. The Bertz CT molecular complexity index is 1830. The fourth-order valence-corrected chi connectivity index (χ4v) is 6.93. The summed E-state index contributed by atoms with van der Waals surface area (Å²) in [6.45, 7) is 5.01. The second-order valence-electron chi connectivity index (χ2n) is 12.4. The van der Waals surface area contributed by atoms with Gasteiger partial charge in [-0.3, -0.25) is 23.9 Å². The Hall–Kier alpha value is -4.32. The van der Waals surface area contributed by atoms with E-state index in [1.165, 1.54) is 0 Å². The maximum Gasteiger partial charge on any atom is 0.291 e. The van der Waals surface area contributed by atoms with E-state index in [2.05, 4.69) is 30.8 Å². The number of rotatable bonds is 12. The number of halogens is 2. The maximum absolute atomic E-state index is 13.5. The second-order valence-corrected chi connectivity index (χ2v) is 12.7. The highest BCUT2D eigenvalue weighted by Gasteiger charge is 2.26. The van der Waals surface area contributed by atoms with Gasteiger partial charge in [0.1, 0.15) is 5.75 Å².